The summed E-state index contributed by atoms with van der Waals surface area (Å²) in [5.74, 6) is -0.803. The minimum atomic E-state index is -0.586. The lowest BCUT2D eigenvalue weighted by molar-refractivity contribution is -0.117. The number of nitriles is 1. The molecule has 8 heteroatoms. The molecule has 0 bridgehead atoms. The zero-order valence-corrected chi connectivity index (χ0v) is 21.3. The van der Waals surface area contributed by atoms with Gasteiger partial charge in [0.05, 0.1) is 5.25 Å². The number of hydrogen-bond donors (Lipinski definition) is 1. The fraction of sp³-hybridized carbons (Fsp3) is 0.148. The quantitative estimate of drug-likeness (QED) is 0.300. The van der Waals surface area contributed by atoms with Crippen LogP contribution in [0.25, 0.3) is 0 Å². The van der Waals surface area contributed by atoms with Crippen molar-refractivity contribution in [2.45, 2.75) is 25.5 Å². The van der Waals surface area contributed by atoms with Crippen molar-refractivity contribution in [2.24, 2.45) is 0 Å². The summed E-state index contributed by atoms with van der Waals surface area (Å²) in [6.45, 7) is 3.77. The first kappa shape index (κ1) is 24.9. The second-order valence-corrected chi connectivity index (χ2v) is 10.1. The summed E-state index contributed by atoms with van der Waals surface area (Å²) < 4.78 is 0. The largest absolute Gasteiger partial charge is 0.321 e. The molecule has 0 spiro atoms. The van der Waals surface area contributed by atoms with Gasteiger partial charge < -0.3 is 5.32 Å². The van der Waals surface area contributed by atoms with E-state index in [1.807, 2.05) is 44.2 Å². The lowest BCUT2D eigenvalue weighted by atomic mass is 10.1. The maximum atomic E-state index is 13.6. The molecule has 0 saturated carbocycles. The summed E-state index contributed by atoms with van der Waals surface area (Å²) in [6.07, 6.45) is 0.299. The fourth-order valence-electron chi connectivity index (χ4n) is 3.89. The zero-order chi connectivity index (χ0) is 25.1. The monoisotopic (exact) mass is 521 g/mol. The van der Waals surface area contributed by atoms with Crippen molar-refractivity contribution in [3.8, 4) is 6.07 Å². The number of thioether (sulfide) groups is 1. The van der Waals surface area contributed by atoms with Gasteiger partial charge in [-0.05, 0) is 67.3 Å². The molecule has 1 saturated heterocycles. The topological polar surface area (TPSA) is 73.2 Å². The first-order valence-electron chi connectivity index (χ1n) is 10.8. The molecule has 0 unspecified atom stereocenters. The number of nitrogens with one attached hydrogen (secondary N) is 1. The standard InChI is InChI=1S/C27H21Cl2N3O2S/c1-16-7-6-8-17(2)24(16)31-25(33)21(15-30)27-32(20-9-4-3-5-10-20)26(34)23(35-27)14-18-13-19(28)11-12-22(18)29/h3-13,23H,14H2,1-2H3,(H,31,33)/b27-21+/t23-/m0/s1. The van der Waals surface area contributed by atoms with Crippen molar-refractivity contribution >= 4 is 58.2 Å². The molecule has 4 rings (SSSR count). The van der Waals surface area contributed by atoms with E-state index in [9.17, 15) is 14.9 Å². The second kappa shape index (κ2) is 10.6. The van der Waals surface area contributed by atoms with E-state index < -0.39 is 11.2 Å². The van der Waals surface area contributed by atoms with Crippen LogP contribution in [0.15, 0.2) is 77.3 Å². The molecule has 35 heavy (non-hydrogen) atoms. The van der Waals surface area contributed by atoms with E-state index >= 15 is 0 Å². The molecule has 176 valence electrons. The van der Waals surface area contributed by atoms with Gasteiger partial charge in [-0.15, -0.1) is 0 Å². The Morgan fingerprint density at radius 2 is 1.74 bits per heavy atom. The van der Waals surface area contributed by atoms with Gasteiger partial charge in [0.25, 0.3) is 5.91 Å². The minimum Gasteiger partial charge on any atom is -0.321 e. The Hall–Kier alpha value is -3.24. The average molecular weight is 522 g/mol. The summed E-state index contributed by atoms with van der Waals surface area (Å²) >= 11 is 13.7. The number of carbonyl (C=O) groups is 2. The molecule has 1 atom stereocenters. The van der Waals surface area contributed by atoms with Crippen LogP contribution >= 0.6 is 35.0 Å². The zero-order valence-electron chi connectivity index (χ0n) is 19.0. The number of carbonyl (C=O) groups excluding carboxylic acids is 2. The normalized spacial score (nSPS) is 16.7. The third-order valence-corrected chi connectivity index (χ3v) is 7.52. The summed E-state index contributed by atoms with van der Waals surface area (Å²) in [6, 6.07) is 21.8. The highest BCUT2D eigenvalue weighted by molar-refractivity contribution is 8.05. The molecule has 3 aromatic carbocycles. The second-order valence-electron chi connectivity index (χ2n) is 8.07. The van der Waals surface area contributed by atoms with Crippen LogP contribution in [0, 0.1) is 25.2 Å². The molecule has 0 aromatic heterocycles. The van der Waals surface area contributed by atoms with E-state index in [4.69, 9.17) is 23.2 Å². The van der Waals surface area contributed by atoms with Gasteiger partial charge in [0.1, 0.15) is 16.7 Å². The molecule has 1 aliphatic rings. The van der Waals surface area contributed by atoms with Crippen molar-refractivity contribution in [2.75, 3.05) is 10.2 Å². The Kier molecular flexibility index (Phi) is 7.51. The van der Waals surface area contributed by atoms with E-state index in [2.05, 4.69) is 5.32 Å². The first-order chi connectivity index (χ1) is 16.8. The maximum absolute atomic E-state index is 13.6. The number of aryl methyl sites for hydroxylation is 2. The van der Waals surface area contributed by atoms with Gasteiger partial charge in [0, 0.05) is 21.4 Å². The lowest BCUT2D eigenvalue weighted by Crippen LogP contribution is -2.31. The van der Waals surface area contributed by atoms with Crippen LogP contribution in [0.2, 0.25) is 10.0 Å². The van der Waals surface area contributed by atoms with Crippen LogP contribution in [-0.2, 0) is 16.0 Å². The van der Waals surface area contributed by atoms with Crippen LogP contribution in [-0.4, -0.2) is 17.1 Å². The van der Waals surface area contributed by atoms with Crippen molar-refractivity contribution in [3.63, 3.8) is 0 Å². The van der Waals surface area contributed by atoms with Gasteiger partial charge in [-0.3, -0.25) is 14.5 Å². The van der Waals surface area contributed by atoms with Crippen molar-refractivity contribution in [1.29, 1.82) is 5.26 Å². The molecule has 0 radical (unpaired) electrons. The molecule has 1 aliphatic heterocycles. The van der Waals surface area contributed by atoms with Crippen LogP contribution in [0.4, 0.5) is 11.4 Å². The van der Waals surface area contributed by atoms with E-state index in [1.54, 1.807) is 42.5 Å². The molecule has 0 aliphatic carbocycles. The molecule has 1 fully saturated rings. The van der Waals surface area contributed by atoms with Gasteiger partial charge in [-0.1, -0.05) is 71.4 Å². The Balaban J connectivity index is 1.75. The van der Waals surface area contributed by atoms with Crippen molar-refractivity contribution in [1.82, 2.24) is 0 Å². The summed E-state index contributed by atoms with van der Waals surface area (Å²) in [5.41, 5.74) is 3.57. The van der Waals surface area contributed by atoms with E-state index in [0.29, 0.717) is 27.8 Å². The van der Waals surface area contributed by atoms with Crippen LogP contribution in [0.3, 0.4) is 0 Å². The molecule has 5 nitrogen and oxygen atoms in total. The minimum absolute atomic E-state index is 0.130. The number of rotatable bonds is 5. The number of nitrogens with zero attached hydrogens (tertiary/aromatic N) is 2. The van der Waals surface area contributed by atoms with E-state index in [-0.39, 0.29) is 16.5 Å². The van der Waals surface area contributed by atoms with Gasteiger partial charge in [0.15, 0.2) is 0 Å². The number of anilines is 2. The van der Waals surface area contributed by atoms with Crippen molar-refractivity contribution in [3.05, 3.63) is 104 Å². The van der Waals surface area contributed by atoms with Gasteiger partial charge in [0.2, 0.25) is 5.91 Å². The highest BCUT2D eigenvalue weighted by atomic mass is 35.5. The van der Waals surface area contributed by atoms with Gasteiger partial charge >= 0.3 is 0 Å². The predicted molar refractivity (Wildman–Crippen MR) is 143 cm³/mol. The molecule has 3 aromatic rings. The molecular weight excluding hydrogens is 501 g/mol. The third-order valence-electron chi connectivity index (χ3n) is 5.65. The summed E-state index contributed by atoms with van der Waals surface area (Å²) in [5, 5.41) is 13.6. The SMILES string of the molecule is Cc1cccc(C)c1NC(=O)/C(C#N)=C1/S[C@@H](Cc2cc(Cl)ccc2Cl)C(=O)N1c1ccccc1. The highest BCUT2D eigenvalue weighted by Crippen LogP contribution is 2.42. The maximum Gasteiger partial charge on any atom is 0.269 e. The smallest absolute Gasteiger partial charge is 0.269 e. The van der Waals surface area contributed by atoms with Gasteiger partial charge in [-0.25, -0.2) is 0 Å². The van der Waals surface area contributed by atoms with Crippen LogP contribution in [0.1, 0.15) is 16.7 Å². The number of para-hydroxylation sites is 2. The number of benzene rings is 3. The molecule has 1 heterocycles. The Morgan fingerprint density at radius 1 is 1.06 bits per heavy atom. The number of amides is 2. The number of hydrogen-bond acceptors (Lipinski definition) is 4. The highest BCUT2D eigenvalue weighted by Gasteiger charge is 2.41. The summed E-state index contributed by atoms with van der Waals surface area (Å²) in [7, 11) is 0. The van der Waals surface area contributed by atoms with Crippen LogP contribution < -0.4 is 10.2 Å². The number of halogens is 2. The predicted octanol–water partition coefficient (Wildman–Crippen LogP) is 6.68. The fourth-order valence-corrected chi connectivity index (χ4v) is 5.57. The Bertz CT molecular complexity index is 1360. The Morgan fingerprint density at radius 3 is 2.40 bits per heavy atom. The van der Waals surface area contributed by atoms with Crippen LogP contribution in [0.5, 0.6) is 0 Å². The van der Waals surface area contributed by atoms with E-state index in [0.717, 1.165) is 16.7 Å². The first-order valence-corrected chi connectivity index (χ1v) is 12.4. The van der Waals surface area contributed by atoms with Crippen molar-refractivity contribution < 1.29 is 9.59 Å². The Labute approximate surface area is 218 Å². The summed E-state index contributed by atoms with van der Waals surface area (Å²) in [4.78, 5) is 28.3. The van der Waals surface area contributed by atoms with Gasteiger partial charge in [-0.2, -0.15) is 5.26 Å². The lowest BCUT2D eigenvalue weighted by Gasteiger charge is -2.19. The van der Waals surface area contributed by atoms with E-state index in [1.165, 1.54) is 16.7 Å². The molecular formula is C27H21Cl2N3O2S. The average Bonchev–Trinajstić information content (AvgIpc) is 3.15. The molecule has 1 N–H and O–H groups in total. The third kappa shape index (κ3) is 5.23. The molecule has 2 amide bonds.